The van der Waals surface area contributed by atoms with Crippen LogP contribution in [0.5, 0.6) is 11.5 Å². The summed E-state index contributed by atoms with van der Waals surface area (Å²) in [6.07, 6.45) is 0.782. The Hall–Kier alpha value is -2.86. The van der Waals surface area contributed by atoms with Gasteiger partial charge in [0.25, 0.3) is 0 Å². The van der Waals surface area contributed by atoms with Crippen molar-refractivity contribution in [2.75, 3.05) is 27.3 Å². The molecule has 0 bridgehead atoms. The van der Waals surface area contributed by atoms with Crippen LogP contribution >= 0.6 is 0 Å². The lowest BCUT2D eigenvalue weighted by molar-refractivity contribution is -0.216. The van der Waals surface area contributed by atoms with Crippen LogP contribution in [-0.2, 0) is 23.6 Å². The standard InChI is InChI=1S/C25H29NO4/c1-28-23-14-13-20(17-24(23)29-2)15-16-26-19-25(27,22-11-7-4-8-12-22)30-18-21-9-5-3-6-10-21/h3-14,17,26-27H,15-16,18-19H2,1-2H3. The number of aliphatic hydroxyl groups is 1. The van der Waals surface area contributed by atoms with E-state index in [4.69, 9.17) is 14.2 Å². The quantitative estimate of drug-likeness (QED) is 0.373. The van der Waals surface area contributed by atoms with Gasteiger partial charge in [-0.15, -0.1) is 0 Å². The minimum atomic E-state index is -1.42. The van der Waals surface area contributed by atoms with Gasteiger partial charge in [0.2, 0.25) is 5.79 Å². The molecule has 0 heterocycles. The van der Waals surface area contributed by atoms with Gasteiger partial charge in [-0.25, -0.2) is 0 Å². The highest BCUT2D eigenvalue weighted by atomic mass is 16.6. The van der Waals surface area contributed by atoms with Crippen molar-refractivity contribution in [3.8, 4) is 11.5 Å². The second-order valence-electron chi connectivity index (χ2n) is 7.04. The molecule has 5 heteroatoms. The number of nitrogens with one attached hydrogen (secondary N) is 1. The van der Waals surface area contributed by atoms with E-state index >= 15 is 0 Å². The molecule has 0 fully saturated rings. The van der Waals surface area contributed by atoms with Crippen molar-refractivity contribution in [3.05, 3.63) is 95.6 Å². The van der Waals surface area contributed by atoms with Gasteiger partial charge in [0.1, 0.15) is 0 Å². The summed E-state index contributed by atoms with van der Waals surface area (Å²) in [6, 6.07) is 25.2. The monoisotopic (exact) mass is 407 g/mol. The molecular weight excluding hydrogens is 378 g/mol. The van der Waals surface area contributed by atoms with Crippen LogP contribution in [0.3, 0.4) is 0 Å². The van der Waals surface area contributed by atoms with Crippen molar-refractivity contribution in [2.24, 2.45) is 0 Å². The maximum Gasteiger partial charge on any atom is 0.205 e. The molecule has 1 unspecified atom stereocenters. The molecule has 3 rings (SSSR count). The zero-order valence-electron chi connectivity index (χ0n) is 17.5. The second kappa shape index (κ2) is 10.8. The zero-order chi connectivity index (χ0) is 21.2. The van der Waals surface area contributed by atoms with Gasteiger partial charge in [0.15, 0.2) is 11.5 Å². The molecule has 0 saturated carbocycles. The first-order chi connectivity index (χ1) is 14.6. The minimum absolute atomic E-state index is 0.275. The first-order valence-electron chi connectivity index (χ1n) is 10.0. The number of hydrogen-bond donors (Lipinski definition) is 2. The van der Waals surface area contributed by atoms with Crippen LogP contribution in [0, 0.1) is 0 Å². The van der Waals surface area contributed by atoms with E-state index < -0.39 is 5.79 Å². The first-order valence-corrected chi connectivity index (χ1v) is 10.0. The van der Waals surface area contributed by atoms with Crippen LogP contribution in [0.2, 0.25) is 0 Å². The highest BCUT2D eigenvalue weighted by Crippen LogP contribution is 2.28. The van der Waals surface area contributed by atoms with Gasteiger partial charge in [-0.05, 0) is 36.2 Å². The third-order valence-corrected chi connectivity index (χ3v) is 4.95. The maximum atomic E-state index is 11.3. The third kappa shape index (κ3) is 5.83. The van der Waals surface area contributed by atoms with E-state index in [2.05, 4.69) is 5.32 Å². The van der Waals surface area contributed by atoms with Gasteiger partial charge in [-0.1, -0.05) is 66.7 Å². The summed E-state index contributed by atoms with van der Waals surface area (Å²) in [5.41, 5.74) is 2.85. The maximum absolute atomic E-state index is 11.3. The Labute approximate surface area is 178 Å². The van der Waals surface area contributed by atoms with E-state index in [1.165, 1.54) is 0 Å². The number of hydrogen-bond acceptors (Lipinski definition) is 5. The van der Waals surface area contributed by atoms with Gasteiger partial charge >= 0.3 is 0 Å². The van der Waals surface area contributed by atoms with E-state index in [-0.39, 0.29) is 6.54 Å². The molecule has 0 aliphatic rings. The highest BCUT2D eigenvalue weighted by Gasteiger charge is 2.30. The normalized spacial score (nSPS) is 12.9. The lowest BCUT2D eigenvalue weighted by Gasteiger charge is -2.29. The van der Waals surface area contributed by atoms with Crippen molar-refractivity contribution in [1.82, 2.24) is 5.32 Å². The van der Waals surface area contributed by atoms with E-state index in [9.17, 15) is 5.11 Å². The average molecular weight is 408 g/mol. The first kappa shape index (κ1) is 21.8. The molecule has 3 aromatic carbocycles. The van der Waals surface area contributed by atoms with Crippen molar-refractivity contribution in [3.63, 3.8) is 0 Å². The third-order valence-electron chi connectivity index (χ3n) is 4.95. The summed E-state index contributed by atoms with van der Waals surface area (Å²) >= 11 is 0. The van der Waals surface area contributed by atoms with Crippen LogP contribution in [0.1, 0.15) is 16.7 Å². The fourth-order valence-electron chi connectivity index (χ4n) is 3.24. The lowest BCUT2D eigenvalue weighted by Crippen LogP contribution is -2.41. The van der Waals surface area contributed by atoms with E-state index in [0.29, 0.717) is 24.7 Å². The summed E-state index contributed by atoms with van der Waals surface area (Å²) in [5.74, 6) is -0.00159. The van der Waals surface area contributed by atoms with Crippen LogP contribution in [0.4, 0.5) is 0 Å². The Morgan fingerprint density at radius 2 is 1.47 bits per heavy atom. The van der Waals surface area contributed by atoms with Crippen LogP contribution < -0.4 is 14.8 Å². The molecule has 158 valence electrons. The largest absolute Gasteiger partial charge is 0.493 e. The van der Waals surface area contributed by atoms with E-state index in [1.807, 2.05) is 78.9 Å². The van der Waals surface area contributed by atoms with Gasteiger partial charge in [0, 0.05) is 5.56 Å². The molecule has 0 amide bonds. The summed E-state index contributed by atoms with van der Waals surface area (Å²) in [5, 5.41) is 14.6. The van der Waals surface area contributed by atoms with Crippen molar-refractivity contribution < 1.29 is 19.3 Å². The number of methoxy groups -OCH3 is 2. The molecule has 0 spiro atoms. The zero-order valence-corrected chi connectivity index (χ0v) is 17.5. The Morgan fingerprint density at radius 1 is 0.800 bits per heavy atom. The molecule has 30 heavy (non-hydrogen) atoms. The van der Waals surface area contributed by atoms with Crippen LogP contribution in [0.25, 0.3) is 0 Å². The average Bonchev–Trinajstić information content (AvgIpc) is 2.81. The number of rotatable bonds is 11. The number of ether oxygens (including phenoxy) is 3. The summed E-state index contributed by atoms with van der Waals surface area (Å²) in [7, 11) is 3.25. The Morgan fingerprint density at radius 3 is 2.13 bits per heavy atom. The molecule has 0 aliphatic carbocycles. The van der Waals surface area contributed by atoms with E-state index in [1.54, 1.807) is 14.2 Å². The smallest absolute Gasteiger partial charge is 0.205 e. The topological polar surface area (TPSA) is 60.0 Å². The van der Waals surface area contributed by atoms with E-state index in [0.717, 1.165) is 23.1 Å². The second-order valence-corrected chi connectivity index (χ2v) is 7.04. The molecule has 0 aromatic heterocycles. The fourth-order valence-corrected chi connectivity index (χ4v) is 3.24. The van der Waals surface area contributed by atoms with Gasteiger partial charge < -0.3 is 24.6 Å². The fraction of sp³-hybridized carbons (Fsp3) is 0.280. The molecule has 0 saturated heterocycles. The Kier molecular flexibility index (Phi) is 7.85. The van der Waals surface area contributed by atoms with Gasteiger partial charge in [-0.2, -0.15) is 0 Å². The summed E-state index contributed by atoms with van der Waals surface area (Å²) in [4.78, 5) is 0. The highest BCUT2D eigenvalue weighted by molar-refractivity contribution is 5.42. The molecule has 3 aromatic rings. The molecular formula is C25H29NO4. The minimum Gasteiger partial charge on any atom is -0.493 e. The van der Waals surface area contributed by atoms with Crippen LogP contribution in [-0.4, -0.2) is 32.4 Å². The molecule has 0 radical (unpaired) electrons. The predicted octanol–water partition coefficient (Wildman–Crippen LogP) is 3.90. The van der Waals surface area contributed by atoms with Crippen LogP contribution in [0.15, 0.2) is 78.9 Å². The van der Waals surface area contributed by atoms with Crippen molar-refractivity contribution in [1.29, 1.82) is 0 Å². The summed E-state index contributed by atoms with van der Waals surface area (Å²) < 4.78 is 16.6. The number of benzene rings is 3. The van der Waals surface area contributed by atoms with Crippen molar-refractivity contribution in [2.45, 2.75) is 18.8 Å². The molecule has 0 aliphatic heterocycles. The van der Waals surface area contributed by atoms with Crippen molar-refractivity contribution >= 4 is 0 Å². The lowest BCUT2D eigenvalue weighted by atomic mass is 10.1. The predicted molar refractivity (Wildman–Crippen MR) is 118 cm³/mol. The Bertz CT molecular complexity index is 902. The molecule has 5 nitrogen and oxygen atoms in total. The summed E-state index contributed by atoms with van der Waals surface area (Å²) in [6.45, 7) is 1.28. The van der Waals surface area contributed by atoms with Gasteiger partial charge in [-0.3, -0.25) is 0 Å². The SMILES string of the molecule is COc1ccc(CCNCC(O)(OCc2ccccc2)c2ccccc2)cc1OC. The molecule has 2 N–H and O–H groups in total. The Balaban J connectivity index is 1.61. The van der Waals surface area contributed by atoms with Gasteiger partial charge in [0.05, 0.1) is 27.4 Å². The molecule has 1 atom stereocenters.